The molecule has 0 heterocycles. The quantitative estimate of drug-likeness (QED) is 0.0366. The summed E-state index contributed by atoms with van der Waals surface area (Å²) in [6, 6.07) is 33.8. The number of aliphatic hydroxyl groups is 1. The molecule has 0 spiro atoms. The van der Waals surface area contributed by atoms with Crippen molar-refractivity contribution in [2.75, 3.05) is 13.2 Å². The molecule has 4 aromatic carbocycles. The summed E-state index contributed by atoms with van der Waals surface area (Å²) in [7, 11) is 0. The molecular formula is C46H54N2O7. The molecule has 3 atom stereocenters. The van der Waals surface area contributed by atoms with E-state index in [1.165, 1.54) is 0 Å². The Labute approximate surface area is 325 Å². The van der Waals surface area contributed by atoms with E-state index in [4.69, 9.17) is 14.2 Å². The number of benzene rings is 4. The predicted octanol–water partition coefficient (Wildman–Crippen LogP) is 7.46. The van der Waals surface area contributed by atoms with Gasteiger partial charge in [-0.2, -0.15) is 0 Å². The molecule has 0 radical (unpaired) electrons. The first-order valence-electron chi connectivity index (χ1n) is 18.9. The van der Waals surface area contributed by atoms with Crippen molar-refractivity contribution in [2.45, 2.75) is 76.7 Å². The smallest absolute Gasteiger partial charge is 0.305 e. The van der Waals surface area contributed by atoms with Gasteiger partial charge in [-0.3, -0.25) is 14.4 Å². The highest BCUT2D eigenvalue weighted by Crippen LogP contribution is 2.18. The van der Waals surface area contributed by atoms with Gasteiger partial charge in [-0.15, -0.1) is 13.2 Å². The first-order valence-corrected chi connectivity index (χ1v) is 18.9. The van der Waals surface area contributed by atoms with Gasteiger partial charge in [0.15, 0.2) is 0 Å². The molecule has 290 valence electrons. The fraction of sp³-hybridized carbons (Fsp3) is 0.326. The second kappa shape index (κ2) is 23.9. The monoisotopic (exact) mass is 746 g/mol. The number of amides is 2. The molecule has 0 saturated carbocycles. The maximum absolute atomic E-state index is 13.7. The first-order chi connectivity index (χ1) is 26.8. The molecule has 4 rings (SSSR count). The Bertz CT molecular complexity index is 1750. The number of hydrogen-bond donors (Lipinski definition) is 3. The summed E-state index contributed by atoms with van der Waals surface area (Å²) in [5.74, 6) is -0.337. The van der Waals surface area contributed by atoms with Crippen molar-refractivity contribution in [3.8, 4) is 11.5 Å². The number of ether oxygens (including phenoxy) is 3. The summed E-state index contributed by atoms with van der Waals surface area (Å²) in [5, 5.41) is 16.0. The van der Waals surface area contributed by atoms with Crippen LogP contribution in [0.2, 0.25) is 0 Å². The van der Waals surface area contributed by atoms with Gasteiger partial charge in [-0.1, -0.05) is 97.1 Å². The number of allylic oxidation sites excluding steroid dienone is 2. The highest BCUT2D eigenvalue weighted by Gasteiger charge is 2.25. The zero-order valence-corrected chi connectivity index (χ0v) is 31.6. The van der Waals surface area contributed by atoms with Crippen LogP contribution in [-0.2, 0) is 45.2 Å². The van der Waals surface area contributed by atoms with Gasteiger partial charge in [0.2, 0.25) is 11.8 Å². The Hall–Kier alpha value is -5.67. The van der Waals surface area contributed by atoms with Crippen LogP contribution < -0.4 is 20.1 Å². The van der Waals surface area contributed by atoms with E-state index < -0.39 is 18.0 Å². The zero-order chi connectivity index (χ0) is 39.1. The molecule has 3 N–H and O–H groups in total. The van der Waals surface area contributed by atoms with Gasteiger partial charge in [0.25, 0.3) is 0 Å². The Kier molecular flexibility index (Phi) is 18.3. The van der Waals surface area contributed by atoms with Crippen molar-refractivity contribution in [3.05, 3.63) is 157 Å². The lowest BCUT2D eigenvalue weighted by Crippen LogP contribution is -2.45. The lowest BCUT2D eigenvalue weighted by Gasteiger charge is -2.23. The van der Waals surface area contributed by atoms with Gasteiger partial charge in [0.05, 0.1) is 24.6 Å². The van der Waals surface area contributed by atoms with Crippen LogP contribution in [0.1, 0.15) is 60.8 Å². The third-order valence-electron chi connectivity index (χ3n) is 8.98. The Morgan fingerprint density at radius 3 is 1.71 bits per heavy atom. The molecule has 0 aliphatic rings. The van der Waals surface area contributed by atoms with Crippen molar-refractivity contribution in [1.82, 2.24) is 10.6 Å². The van der Waals surface area contributed by atoms with Crippen LogP contribution in [0.25, 0.3) is 0 Å². The van der Waals surface area contributed by atoms with Gasteiger partial charge in [-0.05, 0) is 85.0 Å². The summed E-state index contributed by atoms with van der Waals surface area (Å²) in [4.78, 5) is 39.5. The fourth-order valence-corrected chi connectivity index (χ4v) is 5.94. The van der Waals surface area contributed by atoms with Crippen LogP contribution in [0.4, 0.5) is 0 Å². The molecule has 0 aromatic heterocycles. The maximum atomic E-state index is 13.7. The van der Waals surface area contributed by atoms with Crippen LogP contribution >= 0.6 is 0 Å². The molecule has 2 amide bonds. The van der Waals surface area contributed by atoms with Crippen molar-refractivity contribution < 1.29 is 33.7 Å². The number of nitrogens with one attached hydrogen (secondary N) is 2. The number of rotatable bonds is 25. The Balaban J connectivity index is 1.33. The average Bonchev–Trinajstić information content (AvgIpc) is 3.21. The van der Waals surface area contributed by atoms with E-state index in [2.05, 4.69) is 23.8 Å². The Morgan fingerprint density at radius 1 is 0.655 bits per heavy atom. The van der Waals surface area contributed by atoms with Crippen LogP contribution in [-0.4, -0.2) is 48.2 Å². The zero-order valence-electron chi connectivity index (χ0n) is 31.6. The van der Waals surface area contributed by atoms with Gasteiger partial charge in [0, 0.05) is 12.8 Å². The van der Waals surface area contributed by atoms with Crippen LogP contribution in [0, 0.1) is 5.92 Å². The second-order valence-corrected chi connectivity index (χ2v) is 13.5. The predicted molar refractivity (Wildman–Crippen MR) is 215 cm³/mol. The van der Waals surface area contributed by atoms with Gasteiger partial charge in [0.1, 0.15) is 31.3 Å². The second-order valence-electron chi connectivity index (χ2n) is 13.5. The number of esters is 1. The summed E-state index contributed by atoms with van der Waals surface area (Å²) in [6.45, 7) is 8.13. The molecule has 0 aliphatic carbocycles. The van der Waals surface area contributed by atoms with Crippen molar-refractivity contribution in [1.29, 1.82) is 0 Å². The van der Waals surface area contributed by atoms with Gasteiger partial charge >= 0.3 is 5.97 Å². The van der Waals surface area contributed by atoms with Crippen LogP contribution in [0.3, 0.4) is 0 Å². The minimum atomic E-state index is -0.719. The van der Waals surface area contributed by atoms with E-state index in [9.17, 15) is 19.5 Å². The number of carbonyl (C=O) groups is 3. The van der Waals surface area contributed by atoms with Crippen molar-refractivity contribution >= 4 is 17.8 Å². The molecule has 0 bridgehead atoms. The molecule has 55 heavy (non-hydrogen) atoms. The summed E-state index contributed by atoms with van der Waals surface area (Å²) < 4.78 is 17.4. The van der Waals surface area contributed by atoms with Crippen molar-refractivity contribution in [3.63, 3.8) is 0 Å². The number of unbranched alkanes of at least 4 members (excludes halogenated alkanes) is 2. The molecule has 0 aliphatic heterocycles. The topological polar surface area (TPSA) is 123 Å². The van der Waals surface area contributed by atoms with E-state index in [0.717, 1.165) is 40.8 Å². The van der Waals surface area contributed by atoms with E-state index >= 15 is 0 Å². The fourth-order valence-electron chi connectivity index (χ4n) is 5.94. The lowest BCUT2D eigenvalue weighted by molar-refractivity contribution is -0.145. The van der Waals surface area contributed by atoms with Crippen molar-refractivity contribution in [2.24, 2.45) is 5.92 Å². The van der Waals surface area contributed by atoms with E-state index in [1.807, 2.05) is 115 Å². The highest BCUT2D eigenvalue weighted by molar-refractivity contribution is 5.86. The minimum Gasteiger partial charge on any atom is -0.489 e. The maximum Gasteiger partial charge on any atom is 0.305 e. The van der Waals surface area contributed by atoms with Gasteiger partial charge in [-0.25, -0.2) is 0 Å². The molecular weight excluding hydrogens is 693 g/mol. The normalized spacial score (nSPS) is 12.4. The molecule has 9 heteroatoms. The third kappa shape index (κ3) is 16.1. The van der Waals surface area contributed by atoms with E-state index in [-0.39, 0.29) is 50.3 Å². The standard InChI is InChI=1S/C46H54N2O7/c1-3-5-6-13-19-45(51)55-34-41(29-36-22-26-43(27-23-36)54-33-38-17-11-8-12-18-38)48-46(52)39(14-4-2)30-44(50)47-40(31-49)28-35-20-24-42(25-21-35)53-32-37-15-9-7-10-16-37/h3-4,7-12,15-18,20-27,39-41,49H,1-2,5-6,13-14,19,28-34H2,(H,47,50)(H,48,52). The number of carbonyl (C=O) groups excluding carboxylic acids is 3. The molecule has 3 unspecified atom stereocenters. The van der Waals surface area contributed by atoms with Crippen LogP contribution in [0.15, 0.2) is 135 Å². The highest BCUT2D eigenvalue weighted by atomic mass is 16.5. The third-order valence-corrected chi connectivity index (χ3v) is 8.98. The lowest BCUT2D eigenvalue weighted by atomic mass is 9.97. The molecule has 9 nitrogen and oxygen atoms in total. The minimum absolute atomic E-state index is 0.0199. The number of hydrogen-bond acceptors (Lipinski definition) is 7. The van der Waals surface area contributed by atoms with Gasteiger partial charge < -0.3 is 30.0 Å². The Morgan fingerprint density at radius 2 is 1.20 bits per heavy atom. The first kappa shape index (κ1) is 42.1. The van der Waals surface area contributed by atoms with E-state index in [0.29, 0.717) is 38.2 Å². The molecule has 0 fully saturated rings. The molecule has 0 saturated heterocycles. The summed E-state index contributed by atoms with van der Waals surface area (Å²) in [6.07, 6.45) is 7.01. The SMILES string of the molecule is C=CCCCCC(=O)OCC(Cc1ccc(OCc2ccccc2)cc1)NC(=O)C(CC=C)CC(=O)NC(CO)Cc1ccc(OCc2ccccc2)cc1. The summed E-state index contributed by atoms with van der Waals surface area (Å²) >= 11 is 0. The largest absolute Gasteiger partial charge is 0.489 e. The molecule has 4 aromatic rings. The number of aliphatic hydroxyl groups excluding tert-OH is 1. The van der Waals surface area contributed by atoms with E-state index in [1.54, 1.807) is 6.08 Å². The average molecular weight is 747 g/mol. The summed E-state index contributed by atoms with van der Waals surface area (Å²) in [5.41, 5.74) is 3.96. The van der Waals surface area contributed by atoms with Crippen LogP contribution in [0.5, 0.6) is 11.5 Å².